The van der Waals surface area contributed by atoms with E-state index >= 15 is 0 Å². The molecule has 0 aliphatic rings. The van der Waals surface area contributed by atoms with Crippen LogP contribution in [0.5, 0.6) is 0 Å². The van der Waals surface area contributed by atoms with Crippen LogP contribution in [0.3, 0.4) is 0 Å². The molecule has 3 unspecified atom stereocenters. The lowest BCUT2D eigenvalue weighted by Crippen LogP contribution is -2.82. The van der Waals surface area contributed by atoms with E-state index in [1.165, 1.54) is 6.07 Å². The Morgan fingerprint density at radius 1 is 0.947 bits per heavy atom. The van der Waals surface area contributed by atoms with Gasteiger partial charge in [0, 0.05) is 5.39 Å². The fourth-order valence-electron chi connectivity index (χ4n) is 4.87. The highest BCUT2D eigenvalue weighted by molar-refractivity contribution is 6.03. The standard InChI is InChI=1S/C29H37N5O4/c1-4-22(18-20-10-6-5-7-11-20)28(26(30)36,32-17-16-19(2)3)29(38,27(31)37)34-25(35)24-15-14-21-12-8-9-13-23(21)33-24/h5-15,19,22,32,38H,4,16-18H2,1-3H3,(H2,30,36)(H2,31,37)(H,34,35). The summed E-state index contributed by atoms with van der Waals surface area (Å²) in [6, 6.07) is 19.7. The van der Waals surface area contributed by atoms with Crippen LogP contribution >= 0.6 is 0 Å². The van der Waals surface area contributed by atoms with Crippen molar-refractivity contribution in [2.75, 3.05) is 6.54 Å². The van der Waals surface area contributed by atoms with Crippen LogP contribution in [0, 0.1) is 11.8 Å². The van der Waals surface area contributed by atoms with Crippen molar-refractivity contribution in [2.45, 2.75) is 51.3 Å². The number of aliphatic hydroxyl groups is 1. The first-order valence-corrected chi connectivity index (χ1v) is 12.8. The van der Waals surface area contributed by atoms with Gasteiger partial charge in [0.2, 0.25) is 11.6 Å². The number of rotatable bonds is 13. The molecule has 0 radical (unpaired) electrons. The quantitative estimate of drug-likeness (QED) is 0.218. The summed E-state index contributed by atoms with van der Waals surface area (Å²) >= 11 is 0. The van der Waals surface area contributed by atoms with Gasteiger partial charge in [0.25, 0.3) is 11.8 Å². The Morgan fingerprint density at radius 3 is 2.21 bits per heavy atom. The second-order valence-electron chi connectivity index (χ2n) is 9.99. The summed E-state index contributed by atoms with van der Waals surface area (Å²) in [5.41, 5.74) is 8.13. The summed E-state index contributed by atoms with van der Waals surface area (Å²) in [5, 5.41) is 18.2. The fourth-order valence-corrected chi connectivity index (χ4v) is 4.87. The number of nitrogens with one attached hydrogen (secondary N) is 2. The van der Waals surface area contributed by atoms with Crippen molar-refractivity contribution in [1.82, 2.24) is 15.6 Å². The maximum Gasteiger partial charge on any atom is 0.273 e. The first kappa shape index (κ1) is 28.7. The van der Waals surface area contributed by atoms with Crippen molar-refractivity contribution in [2.24, 2.45) is 23.3 Å². The van der Waals surface area contributed by atoms with Gasteiger partial charge in [-0.2, -0.15) is 0 Å². The number of pyridine rings is 1. The van der Waals surface area contributed by atoms with Gasteiger partial charge in [-0.3, -0.25) is 19.7 Å². The molecule has 3 aromatic rings. The zero-order valence-electron chi connectivity index (χ0n) is 22.1. The van der Waals surface area contributed by atoms with Crippen LogP contribution in [-0.2, 0) is 16.0 Å². The molecule has 3 rings (SSSR count). The Labute approximate surface area is 223 Å². The van der Waals surface area contributed by atoms with Crippen molar-refractivity contribution in [3.8, 4) is 0 Å². The van der Waals surface area contributed by atoms with E-state index in [-0.39, 0.29) is 24.6 Å². The number of para-hydroxylation sites is 1. The average molecular weight is 520 g/mol. The maximum absolute atomic E-state index is 13.4. The summed E-state index contributed by atoms with van der Waals surface area (Å²) in [7, 11) is 0. The first-order chi connectivity index (χ1) is 18.0. The first-order valence-electron chi connectivity index (χ1n) is 12.8. The number of aromatic nitrogens is 1. The highest BCUT2D eigenvalue weighted by atomic mass is 16.3. The topological polar surface area (TPSA) is 160 Å². The van der Waals surface area contributed by atoms with Crippen LogP contribution in [0.2, 0.25) is 0 Å². The summed E-state index contributed by atoms with van der Waals surface area (Å²) in [4.78, 5) is 44.1. The number of benzene rings is 2. The molecule has 3 atom stereocenters. The van der Waals surface area contributed by atoms with Gasteiger partial charge in [-0.25, -0.2) is 4.98 Å². The summed E-state index contributed by atoms with van der Waals surface area (Å²) < 4.78 is 0. The Hall–Kier alpha value is -3.82. The normalized spacial score (nSPS) is 15.4. The molecule has 2 aromatic carbocycles. The van der Waals surface area contributed by atoms with E-state index in [0.717, 1.165) is 10.9 Å². The minimum Gasteiger partial charge on any atom is -0.368 e. The minimum atomic E-state index is -2.87. The third-order valence-electron chi connectivity index (χ3n) is 7.00. The third-order valence-corrected chi connectivity index (χ3v) is 7.00. The SMILES string of the molecule is CCC(Cc1ccccc1)C(NCCC(C)C)(C(N)=O)C(O)(NC(=O)c1ccc2ccccc2n1)C(N)=O. The number of hydrogen-bond donors (Lipinski definition) is 5. The largest absolute Gasteiger partial charge is 0.368 e. The van der Waals surface area contributed by atoms with Crippen molar-refractivity contribution < 1.29 is 19.5 Å². The average Bonchev–Trinajstić information content (AvgIpc) is 2.89. The van der Waals surface area contributed by atoms with Crippen molar-refractivity contribution in [3.63, 3.8) is 0 Å². The number of primary amides is 2. The highest BCUT2D eigenvalue weighted by Gasteiger charge is 2.63. The molecule has 0 saturated carbocycles. The minimum absolute atomic E-state index is 0.0555. The van der Waals surface area contributed by atoms with Gasteiger partial charge in [0.05, 0.1) is 5.52 Å². The number of nitrogens with zero attached hydrogens (tertiary/aromatic N) is 1. The van der Waals surface area contributed by atoms with Gasteiger partial charge < -0.3 is 21.9 Å². The lowest BCUT2D eigenvalue weighted by molar-refractivity contribution is -0.165. The number of carbonyl (C=O) groups is 3. The smallest absolute Gasteiger partial charge is 0.273 e. The molecule has 0 spiro atoms. The summed E-state index contributed by atoms with van der Waals surface area (Å²) in [6.07, 6.45) is 1.24. The molecule has 7 N–H and O–H groups in total. The molecule has 0 bridgehead atoms. The number of carbonyl (C=O) groups excluding carboxylic acids is 3. The zero-order chi connectivity index (χ0) is 27.9. The van der Waals surface area contributed by atoms with Crippen LogP contribution in [0.25, 0.3) is 10.9 Å². The van der Waals surface area contributed by atoms with Crippen LogP contribution in [0.4, 0.5) is 0 Å². The molecule has 1 aromatic heterocycles. The molecule has 0 saturated heterocycles. The van der Waals surface area contributed by atoms with Crippen LogP contribution in [0.1, 0.15) is 49.7 Å². The van der Waals surface area contributed by atoms with E-state index in [9.17, 15) is 19.5 Å². The van der Waals surface area contributed by atoms with E-state index in [1.807, 2.05) is 63.2 Å². The van der Waals surface area contributed by atoms with Crippen molar-refractivity contribution >= 4 is 28.6 Å². The predicted molar refractivity (Wildman–Crippen MR) is 147 cm³/mol. The number of hydrogen-bond acceptors (Lipinski definition) is 6. The predicted octanol–water partition coefficient (Wildman–Crippen LogP) is 2.27. The molecule has 1 heterocycles. The van der Waals surface area contributed by atoms with Gasteiger partial charge in [0.15, 0.2) is 5.54 Å². The second-order valence-corrected chi connectivity index (χ2v) is 9.99. The van der Waals surface area contributed by atoms with Gasteiger partial charge in [-0.15, -0.1) is 0 Å². The van der Waals surface area contributed by atoms with Crippen LogP contribution in [-0.4, -0.2) is 45.6 Å². The van der Waals surface area contributed by atoms with E-state index in [4.69, 9.17) is 11.5 Å². The molecule has 9 heteroatoms. The summed E-state index contributed by atoms with van der Waals surface area (Å²) in [5.74, 6) is -3.65. The molecular formula is C29H37N5O4. The Bertz CT molecular complexity index is 1280. The molecule has 0 aliphatic heterocycles. The number of amides is 3. The lowest BCUT2D eigenvalue weighted by atomic mass is 9.69. The van der Waals surface area contributed by atoms with E-state index in [1.54, 1.807) is 18.2 Å². The summed E-state index contributed by atoms with van der Waals surface area (Å²) in [6.45, 7) is 6.07. The lowest BCUT2D eigenvalue weighted by Gasteiger charge is -2.48. The van der Waals surface area contributed by atoms with Crippen LogP contribution in [0.15, 0.2) is 66.7 Å². The van der Waals surface area contributed by atoms with E-state index in [2.05, 4.69) is 15.6 Å². The molecule has 3 amide bonds. The maximum atomic E-state index is 13.4. The van der Waals surface area contributed by atoms with Crippen molar-refractivity contribution in [1.29, 1.82) is 0 Å². The zero-order valence-corrected chi connectivity index (χ0v) is 22.1. The Kier molecular flexibility index (Phi) is 9.19. The van der Waals surface area contributed by atoms with Gasteiger partial charge in [-0.1, -0.05) is 81.8 Å². The van der Waals surface area contributed by atoms with Gasteiger partial charge in [0.1, 0.15) is 5.69 Å². The second kappa shape index (κ2) is 12.1. The van der Waals surface area contributed by atoms with Gasteiger partial charge >= 0.3 is 0 Å². The molecule has 38 heavy (non-hydrogen) atoms. The fraction of sp³-hybridized carbons (Fsp3) is 0.379. The van der Waals surface area contributed by atoms with Crippen LogP contribution < -0.4 is 22.1 Å². The highest BCUT2D eigenvalue weighted by Crippen LogP contribution is 2.34. The van der Waals surface area contributed by atoms with E-state index in [0.29, 0.717) is 18.4 Å². The molecule has 9 nitrogen and oxygen atoms in total. The molecular weight excluding hydrogens is 482 g/mol. The third kappa shape index (κ3) is 5.84. The molecule has 202 valence electrons. The van der Waals surface area contributed by atoms with E-state index < -0.39 is 34.9 Å². The van der Waals surface area contributed by atoms with Crippen molar-refractivity contribution in [3.05, 3.63) is 78.0 Å². The number of nitrogens with two attached hydrogens (primary N) is 2. The molecule has 0 aliphatic carbocycles. The number of fused-ring (bicyclic) bond motifs is 1. The van der Waals surface area contributed by atoms with Gasteiger partial charge in [-0.05, 0) is 48.9 Å². The Balaban J connectivity index is 2.11. The molecule has 0 fully saturated rings. The Morgan fingerprint density at radius 2 is 1.61 bits per heavy atom. The monoisotopic (exact) mass is 519 g/mol.